The minimum atomic E-state index is -0.403. The highest BCUT2D eigenvalue weighted by Gasteiger charge is 2.56. The van der Waals surface area contributed by atoms with Gasteiger partial charge in [0.2, 0.25) is 5.91 Å². The minimum absolute atomic E-state index is 0.0242. The fourth-order valence-electron chi connectivity index (χ4n) is 4.27. The first-order valence-electron chi connectivity index (χ1n) is 8.08. The molecule has 5 unspecified atom stereocenters. The van der Waals surface area contributed by atoms with Crippen LogP contribution in [0.3, 0.4) is 0 Å². The highest BCUT2D eigenvalue weighted by molar-refractivity contribution is 5.85. The van der Waals surface area contributed by atoms with Crippen LogP contribution in [0.15, 0.2) is 0 Å². The largest absolute Gasteiger partial charge is 0.469 e. The summed E-state index contributed by atoms with van der Waals surface area (Å²) in [5.41, 5.74) is 0.422. The molecule has 4 nitrogen and oxygen atoms in total. The number of esters is 1. The van der Waals surface area contributed by atoms with Crippen molar-refractivity contribution in [2.75, 3.05) is 7.11 Å². The van der Waals surface area contributed by atoms with Crippen LogP contribution in [-0.2, 0) is 14.3 Å². The summed E-state index contributed by atoms with van der Waals surface area (Å²) in [5, 5.41) is 3.18. The lowest BCUT2D eigenvalue weighted by Crippen LogP contribution is -2.61. The number of carbonyl (C=O) groups excluding carboxylic acids is 2. The normalized spacial score (nSPS) is 36.1. The van der Waals surface area contributed by atoms with Crippen LogP contribution in [-0.4, -0.2) is 25.0 Å². The number of hydrogen-bond donors (Lipinski definition) is 1. The van der Waals surface area contributed by atoms with Gasteiger partial charge in [0.1, 0.15) is 0 Å². The van der Waals surface area contributed by atoms with Gasteiger partial charge < -0.3 is 10.1 Å². The molecule has 3 aliphatic rings. The molecule has 3 aliphatic carbocycles. The molecule has 120 valence electrons. The molecule has 0 radical (unpaired) electrons. The fraction of sp³-hybridized carbons (Fsp3) is 0.882. The molecule has 3 fully saturated rings. The lowest BCUT2D eigenvalue weighted by molar-refractivity contribution is -0.150. The standard InChI is InChI=1S/C17H29NO3/c1-9(10(2)16(20)21-6)15(19)18-14-8-12-7-13(11(14)3)17(12,4)5/h9-14H,7-8H2,1-6H3,(H,18,19)/t9?,10?,11?,12?,13?,14-/m1/s1. The van der Waals surface area contributed by atoms with Gasteiger partial charge in [0.25, 0.3) is 0 Å². The van der Waals surface area contributed by atoms with E-state index in [1.54, 1.807) is 13.8 Å². The topological polar surface area (TPSA) is 55.4 Å². The van der Waals surface area contributed by atoms with E-state index >= 15 is 0 Å². The molecule has 3 saturated carbocycles. The maximum absolute atomic E-state index is 12.4. The molecule has 3 rings (SSSR count). The van der Waals surface area contributed by atoms with Crippen LogP contribution in [0.2, 0.25) is 0 Å². The maximum atomic E-state index is 12.4. The van der Waals surface area contributed by atoms with E-state index in [-0.39, 0.29) is 23.8 Å². The number of amides is 1. The second-order valence-corrected chi connectivity index (χ2v) is 7.67. The Morgan fingerprint density at radius 2 is 1.81 bits per heavy atom. The predicted molar refractivity (Wildman–Crippen MR) is 81.4 cm³/mol. The van der Waals surface area contributed by atoms with Crippen LogP contribution in [0.5, 0.6) is 0 Å². The Morgan fingerprint density at radius 1 is 1.19 bits per heavy atom. The molecule has 0 aliphatic heterocycles. The van der Waals surface area contributed by atoms with E-state index in [4.69, 9.17) is 4.74 Å². The molecule has 21 heavy (non-hydrogen) atoms. The summed E-state index contributed by atoms with van der Waals surface area (Å²) in [6, 6.07) is 0.251. The Hall–Kier alpha value is -1.06. The molecule has 4 heteroatoms. The second-order valence-electron chi connectivity index (χ2n) is 7.67. The van der Waals surface area contributed by atoms with Gasteiger partial charge in [-0.15, -0.1) is 0 Å². The number of ether oxygens (including phenoxy) is 1. The summed E-state index contributed by atoms with van der Waals surface area (Å²) in [4.78, 5) is 23.9. The average Bonchev–Trinajstić information content (AvgIpc) is 2.45. The Labute approximate surface area is 128 Å². The Kier molecular flexibility index (Phi) is 4.36. The lowest BCUT2D eigenvalue weighted by atomic mass is 9.45. The van der Waals surface area contributed by atoms with Gasteiger partial charge in [-0.3, -0.25) is 9.59 Å². The van der Waals surface area contributed by atoms with E-state index in [2.05, 4.69) is 26.1 Å². The summed E-state index contributed by atoms with van der Waals surface area (Å²) in [5.74, 6) is 0.833. The van der Waals surface area contributed by atoms with Crippen molar-refractivity contribution in [2.45, 2.75) is 53.5 Å². The van der Waals surface area contributed by atoms with Crippen LogP contribution in [0.25, 0.3) is 0 Å². The van der Waals surface area contributed by atoms with Crippen molar-refractivity contribution in [3.05, 3.63) is 0 Å². The molecular formula is C17H29NO3. The Morgan fingerprint density at radius 3 is 2.29 bits per heavy atom. The van der Waals surface area contributed by atoms with E-state index in [1.807, 2.05) is 0 Å². The first kappa shape index (κ1) is 16.3. The zero-order valence-corrected chi connectivity index (χ0v) is 14.1. The molecule has 1 amide bonds. The molecule has 0 aromatic carbocycles. The molecule has 1 N–H and O–H groups in total. The van der Waals surface area contributed by atoms with Crippen LogP contribution >= 0.6 is 0 Å². The highest BCUT2D eigenvalue weighted by Crippen LogP contribution is 2.61. The number of methoxy groups -OCH3 is 1. The molecule has 0 heterocycles. The van der Waals surface area contributed by atoms with Crippen LogP contribution in [0, 0.1) is 35.0 Å². The lowest BCUT2D eigenvalue weighted by Gasteiger charge is -2.62. The third kappa shape index (κ3) is 2.69. The van der Waals surface area contributed by atoms with E-state index in [0.29, 0.717) is 17.3 Å². The van der Waals surface area contributed by atoms with Gasteiger partial charge in [0, 0.05) is 12.0 Å². The number of rotatable bonds is 4. The SMILES string of the molecule is COC(=O)C(C)C(C)C(=O)N[C@@H]1CC2CC(C1C)C2(C)C. The van der Waals surface area contributed by atoms with Crippen molar-refractivity contribution in [1.29, 1.82) is 0 Å². The van der Waals surface area contributed by atoms with Crippen molar-refractivity contribution in [1.82, 2.24) is 5.32 Å². The first-order valence-corrected chi connectivity index (χ1v) is 8.08. The number of carbonyl (C=O) groups is 2. The molecule has 2 bridgehead atoms. The maximum Gasteiger partial charge on any atom is 0.309 e. The van der Waals surface area contributed by atoms with Gasteiger partial charge in [-0.2, -0.15) is 0 Å². The van der Waals surface area contributed by atoms with E-state index in [0.717, 1.165) is 12.3 Å². The number of fused-ring (bicyclic) bond motifs is 2. The van der Waals surface area contributed by atoms with Crippen LogP contribution in [0.1, 0.15) is 47.5 Å². The molecule has 6 atom stereocenters. The smallest absolute Gasteiger partial charge is 0.309 e. The van der Waals surface area contributed by atoms with E-state index < -0.39 is 5.92 Å². The zero-order chi connectivity index (χ0) is 15.9. The molecule has 0 aromatic heterocycles. The van der Waals surface area contributed by atoms with Crippen molar-refractivity contribution < 1.29 is 14.3 Å². The monoisotopic (exact) mass is 295 g/mol. The van der Waals surface area contributed by atoms with E-state index in [1.165, 1.54) is 13.5 Å². The third-order valence-corrected chi connectivity index (χ3v) is 6.42. The Bertz CT molecular complexity index is 432. The number of hydrogen-bond acceptors (Lipinski definition) is 3. The van der Waals surface area contributed by atoms with Gasteiger partial charge in [-0.1, -0.05) is 34.6 Å². The van der Waals surface area contributed by atoms with Gasteiger partial charge in [-0.25, -0.2) is 0 Å². The average molecular weight is 295 g/mol. The third-order valence-electron chi connectivity index (χ3n) is 6.42. The van der Waals surface area contributed by atoms with Crippen LogP contribution in [0.4, 0.5) is 0 Å². The second kappa shape index (κ2) is 5.62. The molecule has 0 spiro atoms. The van der Waals surface area contributed by atoms with Crippen molar-refractivity contribution >= 4 is 11.9 Å². The van der Waals surface area contributed by atoms with E-state index in [9.17, 15) is 9.59 Å². The molecule has 0 aromatic rings. The van der Waals surface area contributed by atoms with Crippen molar-refractivity contribution in [3.63, 3.8) is 0 Å². The van der Waals surface area contributed by atoms with Crippen molar-refractivity contribution in [3.8, 4) is 0 Å². The summed E-state index contributed by atoms with van der Waals surface area (Å²) >= 11 is 0. The highest BCUT2D eigenvalue weighted by atomic mass is 16.5. The molecule has 0 saturated heterocycles. The zero-order valence-electron chi connectivity index (χ0n) is 14.1. The fourth-order valence-corrected chi connectivity index (χ4v) is 4.27. The van der Waals surface area contributed by atoms with Gasteiger partial charge >= 0.3 is 5.97 Å². The van der Waals surface area contributed by atoms with Gasteiger partial charge in [0.05, 0.1) is 13.0 Å². The summed E-state index contributed by atoms with van der Waals surface area (Å²) < 4.78 is 4.73. The summed E-state index contributed by atoms with van der Waals surface area (Å²) in [6.45, 7) is 10.5. The quantitative estimate of drug-likeness (QED) is 0.811. The number of nitrogens with one attached hydrogen (secondary N) is 1. The summed E-state index contributed by atoms with van der Waals surface area (Å²) in [6.07, 6.45) is 2.37. The predicted octanol–water partition coefficient (Wildman–Crippen LogP) is 2.62. The van der Waals surface area contributed by atoms with Gasteiger partial charge in [0.15, 0.2) is 0 Å². The van der Waals surface area contributed by atoms with Crippen LogP contribution < -0.4 is 5.32 Å². The molecular weight excluding hydrogens is 266 g/mol. The summed E-state index contributed by atoms with van der Waals surface area (Å²) in [7, 11) is 1.36. The Balaban J connectivity index is 1.94. The van der Waals surface area contributed by atoms with Crippen molar-refractivity contribution in [2.24, 2.45) is 35.0 Å². The first-order chi connectivity index (χ1) is 9.70. The van der Waals surface area contributed by atoms with Gasteiger partial charge in [-0.05, 0) is 36.0 Å². The minimum Gasteiger partial charge on any atom is -0.469 e.